The second-order valence-electron chi connectivity index (χ2n) is 3.76. The van der Waals surface area contributed by atoms with Crippen molar-refractivity contribution >= 4 is 17.6 Å². The highest BCUT2D eigenvalue weighted by Crippen LogP contribution is 2.37. The summed E-state index contributed by atoms with van der Waals surface area (Å²) in [7, 11) is 0. The minimum atomic E-state index is -4.53. The molecule has 7 heteroatoms. The van der Waals surface area contributed by atoms with E-state index in [1.165, 1.54) is 18.2 Å². The highest BCUT2D eigenvalue weighted by molar-refractivity contribution is 6.32. The molecule has 19 heavy (non-hydrogen) atoms. The Kier molecular flexibility index (Phi) is 3.28. The van der Waals surface area contributed by atoms with Gasteiger partial charge in [-0.3, -0.25) is 0 Å². The number of aromatic amines is 1. The molecule has 2 aromatic rings. The molecule has 1 heterocycles. The van der Waals surface area contributed by atoms with Crippen molar-refractivity contribution in [3.63, 3.8) is 0 Å². The highest BCUT2D eigenvalue weighted by Gasteiger charge is 2.33. The van der Waals surface area contributed by atoms with Crippen LogP contribution in [0.2, 0.25) is 5.15 Å². The maximum Gasteiger partial charge on any atom is 0.417 e. The minimum absolute atomic E-state index is 0.00956. The zero-order valence-corrected chi connectivity index (χ0v) is 10.0. The molecule has 0 saturated heterocycles. The second kappa shape index (κ2) is 4.62. The van der Waals surface area contributed by atoms with E-state index in [-0.39, 0.29) is 22.0 Å². The van der Waals surface area contributed by atoms with Crippen molar-refractivity contribution in [3.05, 3.63) is 46.6 Å². The lowest BCUT2D eigenvalue weighted by Crippen LogP contribution is -2.06. The van der Waals surface area contributed by atoms with Crippen molar-refractivity contribution in [3.8, 4) is 11.3 Å². The van der Waals surface area contributed by atoms with Crippen molar-refractivity contribution in [2.24, 2.45) is 0 Å². The van der Waals surface area contributed by atoms with E-state index >= 15 is 0 Å². The van der Waals surface area contributed by atoms with Gasteiger partial charge in [-0.1, -0.05) is 29.8 Å². The van der Waals surface area contributed by atoms with Crippen LogP contribution in [0.3, 0.4) is 0 Å². The first kappa shape index (κ1) is 13.5. The number of carbonyl (C=O) groups is 1. The Bertz CT molecular complexity index is 634. The van der Waals surface area contributed by atoms with Crippen LogP contribution in [0.15, 0.2) is 30.3 Å². The molecule has 0 unspecified atom stereocenters. The third-order valence-corrected chi connectivity index (χ3v) is 2.82. The van der Waals surface area contributed by atoms with Crippen LogP contribution in [-0.2, 0) is 6.18 Å². The average molecular weight is 290 g/mol. The Balaban J connectivity index is 2.60. The number of aromatic nitrogens is 1. The van der Waals surface area contributed by atoms with Gasteiger partial charge in [0, 0.05) is 11.3 Å². The smallest absolute Gasteiger partial charge is 0.417 e. The van der Waals surface area contributed by atoms with Crippen LogP contribution in [0, 0.1) is 0 Å². The standard InChI is InChI=1S/C12H7ClF3NO2/c13-10-7(11(18)19)5-9(17-10)6-3-1-2-4-8(6)12(14,15)16/h1-5,17H,(H,18,19). The van der Waals surface area contributed by atoms with E-state index in [0.717, 1.165) is 12.1 Å². The summed E-state index contributed by atoms with van der Waals surface area (Å²) in [6.07, 6.45) is -4.53. The maximum atomic E-state index is 12.8. The fraction of sp³-hybridized carbons (Fsp3) is 0.0833. The minimum Gasteiger partial charge on any atom is -0.478 e. The first-order valence-electron chi connectivity index (χ1n) is 5.09. The van der Waals surface area contributed by atoms with Gasteiger partial charge in [0.2, 0.25) is 0 Å². The molecule has 0 atom stereocenters. The number of hydrogen-bond acceptors (Lipinski definition) is 1. The summed E-state index contributed by atoms with van der Waals surface area (Å²) in [4.78, 5) is 13.3. The van der Waals surface area contributed by atoms with Gasteiger partial charge in [-0.05, 0) is 12.1 Å². The predicted octanol–water partition coefficient (Wildman–Crippen LogP) is 4.05. The molecule has 0 bridgehead atoms. The first-order valence-corrected chi connectivity index (χ1v) is 5.47. The predicted molar refractivity (Wildman–Crippen MR) is 63.2 cm³/mol. The molecule has 100 valence electrons. The number of H-pyrrole nitrogens is 1. The number of hydrogen-bond donors (Lipinski definition) is 2. The number of carboxylic acid groups (broad SMARTS) is 1. The van der Waals surface area contributed by atoms with Gasteiger partial charge >= 0.3 is 12.1 Å². The molecule has 0 aliphatic rings. The Hall–Kier alpha value is -1.95. The number of halogens is 4. The van der Waals surface area contributed by atoms with Gasteiger partial charge in [0.15, 0.2) is 0 Å². The molecule has 0 saturated carbocycles. The van der Waals surface area contributed by atoms with Gasteiger partial charge in [-0.2, -0.15) is 13.2 Å². The largest absolute Gasteiger partial charge is 0.478 e. The number of nitrogens with one attached hydrogen (secondary N) is 1. The quantitative estimate of drug-likeness (QED) is 0.876. The second-order valence-corrected chi connectivity index (χ2v) is 4.14. The highest BCUT2D eigenvalue weighted by atomic mass is 35.5. The number of aromatic carboxylic acids is 1. The summed E-state index contributed by atoms with van der Waals surface area (Å²) < 4.78 is 38.5. The Labute approximate surface area is 110 Å². The van der Waals surface area contributed by atoms with Crippen LogP contribution >= 0.6 is 11.6 Å². The van der Waals surface area contributed by atoms with Crippen LogP contribution in [0.1, 0.15) is 15.9 Å². The van der Waals surface area contributed by atoms with Gasteiger partial charge < -0.3 is 10.1 Å². The van der Waals surface area contributed by atoms with E-state index in [0.29, 0.717) is 0 Å². The monoisotopic (exact) mass is 289 g/mol. The molecule has 0 radical (unpaired) electrons. The molecule has 0 spiro atoms. The van der Waals surface area contributed by atoms with Gasteiger partial charge in [0.25, 0.3) is 0 Å². The van der Waals surface area contributed by atoms with Gasteiger partial charge in [-0.25, -0.2) is 4.79 Å². The van der Waals surface area contributed by atoms with E-state index in [2.05, 4.69) is 4.98 Å². The van der Waals surface area contributed by atoms with Crippen molar-refractivity contribution in [2.45, 2.75) is 6.18 Å². The zero-order valence-electron chi connectivity index (χ0n) is 9.25. The molecule has 3 nitrogen and oxygen atoms in total. The molecule has 0 aliphatic carbocycles. The number of benzene rings is 1. The molecule has 0 fully saturated rings. The molecule has 1 aromatic heterocycles. The van der Waals surface area contributed by atoms with Crippen LogP contribution in [-0.4, -0.2) is 16.1 Å². The van der Waals surface area contributed by atoms with Crippen molar-refractivity contribution in [1.29, 1.82) is 0 Å². The fourth-order valence-corrected chi connectivity index (χ4v) is 1.93. The molecule has 1 aromatic carbocycles. The summed E-state index contributed by atoms with van der Waals surface area (Å²) in [5.74, 6) is -1.31. The number of carboxylic acids is 1. The summed E-state index contributed by atoms with van der Waals surface area (Å²) in [5.41, 5.74) is -1.27. The third kappa shape index (κ3) is 2.58. The van der Waals surface area contributed by atoms with E-state index in [4.69, 9.17) is 16.7 Å². The van der Waals surface area contributed by atoms with Crippen molar-refractivity contribution < 1.29 is 23.1 Å². The van der Waals surface area contributed by atoms with E-state index in [1.54, 1.807) is 0 Å². The average Bonchev–Trinajstić information content (AvgIpc) is 2.70. The summed E-state index contributed by atoms with van der Waals surface area (Å²) in [6, 6.07) is 5.94. The lowest BCUT2D eigenvalue weighted by molar-refractivity contribution is -0.137. The molecule has 0 amide bonds. The van der Waals surface area contributed by atoms with E-state index in [1.807, 2.05) is 0 Å². The van der Waals surface area contributed by atoms with Gasteiger partial charge in [0.1, 0.15) is 5.15 Å². The van der Waals surface area contributed by atoms with E-state index in [9.17, 15) is 18.0 Å². The molecule has 0 aliphatic heterocycles. The summed E-state index contributed by atoms with van der Waals surface area (Å²) in [5, 5.41) is 8.62. The molecule has 2 rings (SSSR count). The third-order valence-electron chi connectivity index (χ3n) is 2.52. The first-order chi connectivity index (χ1) is 8.80. The Morgan fingerprint density at radius 2 is 1.89 bits per heavy atom. The van der Waals surface area contributed by atoms with Gasteiger partial charge in [0.05, 0.1) is 11.1 Å². The zero-order chi connectivity index (χ0) is 14.2. The SMILES string of the molecule is O=C(O)c1cc(-c2ccccc2C(F)(F)F)[nH]c1Cl. The maximum absolute atomic E-state index is 12.8. The van der Waals surface area contributed by atoms with Crippen LogP contribution in [0.4, 0.5) is 13.2 Å². The normalized spacial score (nSPS) is 11.6. The Morgan fingerprint density at radius 3 is 2.42 bits per heavy atom. The van der Waals surface area contributed by atoms with Gasteiger partial charge in [-0.15, -0.1) is 0 Å². The fourth-order valence-electron chi connectivity index (χ4n) is 1.70. The van der Waals surface area contributed by atoms with Crippen LogP contribution in [0.5, 0.6) is 0 Å². The van der Waals surface area contributed by atoms with E-state index < -0.39 is 17.7 Å². The lowest BCUT2D eigenvalue weighted by Gasteiger charge is -2.11. The summed E-state index contributed by atoms with van der Waals surface area (Å²) in [6.45, 7) is 0. The van der Waals surface area contributed by atoms with Crippen molar-refractivity contribution in [1.82, 2.24) is 4.98 Å². The topological polar surface area (TPSA) is 53.1 Å². The lowest BCUT2D eigenvalue weighted by atomic mass is 10.0. The molecule has 2 N–H and O–H groups in total. The van der Waals surface area contributed by atoms with Crippen LogP contribution in [0.25, 0.3) is 11.3 Å². The summed E-state index contributed by atoms with van der Waals surface area (Å²) >= 11 is 5.64. The Morgan fingerprint density at radius 1 is 1.26 bits per heavy atom. The van der Waals surface area contributed by atoms with Crippen molar-refractivity contribution in [2.75, 3.05) is 0 Å². The molecular formula is C12H7ClF3NO2. The number of alkyl halides is 3. The number of rotatable bonds is 2. The molecular weight excluding hydrogens is 283 g/mol. The van der Waals surface area contributed by atoms with Crippen LogP contribution < -0.4 is 0 Å².